The van der Waals surface area contributed by atoms with Crippen LogP contribution in [0.2, 0.25) is 0 Å². The van der Waals surface area contributed by atoms with Gasteiger partial charge >= 0.3 is 0 Å². The normalized spacial score (nSPS) is 10.3. The van der Waals surface area contributed by atoms with Gasteiger partial charge in [0.25, 0.3) is 0 Å². The largest absolute Gasteiger partial charge is 0.494 e. The van der Waals surface area contributed by atoms with E-state index in [2.05, 4.69) is 12.2 Å². The van der Waals surface area contributed by atoms with Crippen molar-refractivity contribution in [3.05, 3.63) is 59.9 Å². The molecule has 0 fully saturated rings. The molecule has 0 radical (unpaired) electrons. The molecular formula is C17H20FNO. The Hall–Kier alpha value is -2.03. The Balaban J connectivity index is 1.82. The van der Waals surface area contributed by atoms with Crippen LogP contribution in [0.4, 0.5) is 10.1 Å². The maximum absolute atomic E-state index is 12.8. The number of benzene rings is 2. The van der Waals surface area contributed by atoms with E-state index in [9.17, 15) is 4.39 Å². The van der Waals surface area contributed by atoms with Crippen LogP contribution < -0.4 is 10.1 Å². The molecule has 0 aromatic heterocycles. The quantitative estimate of drug-likeness (QED) is 0.743. The Bertz CT molecular complexity index is 508. The predicted octanol–water partition coefficient (Wildman–Crippen LogP) is 4.62. The molecule has 0 amide bonds. The van der Waals surface area contributed by atoms with Crippen LogP contribution in [0.3, 0.4) is 0 Å². The van der Waals surface area contributed by atoms with Gasteiger partial charge in [-0.2, -0.15) is 0 Å². The molecule has 0 aliphatic rings. The molecule has 0 aliphatic carbocycles. The van der Waals surface area contributed by atoms with Crippen molar-refractivity contribution in [1.29, 1.82) is 0 Å². The zero-order chi connectivity index (χ0) is 14.2. The fourth-order valence-electron chi connectivity index (χ4n) is 1.81. The summed E-state index contributed by atoms with van der Waals surface area (Å²) in [5.41, 5.74) is 2.08. The van der Waals surface area contributed by atoms with E-state index in [0.717, 1.165) is 36.4 Å². The lowest BCUT2D eigenvalue weighted by molar-refractivity contribution is 0.309. The maximum atomic E-state index is 12.8. The van der Waals surface area contributed by atoms with Gasteiger partial charge in [0.2, 0.25) is 0 Å². The van der Waals surface area contributed by atoms with Crippen molar-refractivity contribution >= 4 is 5.69 Å². The molecule has 0 spiro atoms. The number of nitrogens with one attached hydrogen (secondary N) is 1. The fraction of sp³-hybridized carbons (Fsp3) is 0.294. The standard InChI is InChI=1S/C17H20FNO/c1-2-3-12-20-17-10-8-16(9-11-17)19-13-14-4-6-15(18)7-5-14/h4-11,19H,2-3,12-13H2,1H3. The number of halogens is 1. The first-order valence-corrected chi connectivity index (χ1v) is 6.99. The lowest BCUT2D eigenvalue weighted by Gasteiger charge is -2.09. The van der Waals surface area contributed by atoms with Crippen LogP contribution in [-0.2, 0) is 6.54 Å². The summed E-state index contributed by atoms with van der Waals surface area (Å²) in [4.78, 5) is 0. The number of ether oxygens (including phenoxy) is 1. The van der Waals surface area contributed by atoms with Gasteiger partial charge in [0.15, 0.2) is 0 Å². The lowest BCUT2D eigenvalue weighted by Crippen LogP contribution is -2.00. The van der Waals surface area contributed by atoms with E-state index in [4.69, 9.17) is 4.74 Å². The van der Waals surface area contributed by atoms with E-state index in [0.29, 0.717) is 6.54 Å². The summed E-state index contributed by atoms with van der Waals surface area (Å²) in [6.07, 6.45) is 2.21. The molecule has 2 aromatic rings. The summed E-state index contributed by atoms with van der Waals surface area (Å²) in [7, 11) is 0. The first kappa shape index (κ1) is 14.4. The second kappa shape index (κ2) is 7.53. The van der Waals surface area contributed by atoms with E-state index in [1.807, 2.05) is 24.3 Å². The summed E-state index contributed by atoms with van der Waals surface area (Å²) in [6.45, 7) is 3.58. The molecule has 106 valence electrons. The van der Waals surface area contributed by atoms with Gasteiger partial charge < -0.3 is 10.1 Å². The molecule has 0 saturated carbocycles. The zero-order valence-electron chi connectivity index (χ0n) is 11.7. The highest BCUT2D eigenvalue weighted by molar-refractivity contribution is 5.46. The molecule has 0 unspecified atom stereocenters. The number of hydrogen-bond acceptors (Lipinski definition) is 2. The molecule has 2 aromatic carbocycles. The Morgan fingerprint density at radius 3 is 2.35 bits per heavy atom. The second-order valence-electron chi connectivity index (χ2n) is 4.71. The molecule has 3 heteroatoms. The minimum absolute atomic E-state index is 0.206. The zero-order valence-corrected chi connectivity index (χ0v) is 11.7. The summed E-state index contributed by atoms with van der Waals surface area (Å²) < 4.78 is 18.4. The number of hydrogen-bond donors (Lipinski definition) is 1. The summed E-state index contributed by atoms with van der Waals surface area (Å²) in [6, 6.07) is 14.4. The van der Waals surface area contributed by atoms with E-state index >= 15 is 0 Å². The van der Waals surface area contributed by atoms with Crippen LogP contribution in [0.15, 0.2) is 48.5 Å². The predicted molar refractivity (Wildman–Crippen MR) is 80.6 cm³/mol. The van der Waals surface area contributed by atoms with Crippen LogP contribution in [0.1, 0.15) is 25.3 Å². The van der Waals surface area contributed by atoms with E-state index in [1.165, 1.54) is 12.1 Å². The molecule has 2 rings (SSSR count). The molecule has 20 heavy (non-hydrogen) atoms. The van der Waals surface area contributed by atoms with Crippen molar-refractivity contribution in [2.75, 3.05) is 11.9 Å². The van der Waals surface area contributed by atoms with Crippen molar-refractivity contribution in [2.45, 2.75) is 26.3 Å². The highest BCUT2D eigenvalue weighted by Gasteiger charge is 1.97. The summed E-state index contributed by atoms with van der Waals surface area (Å²) in [5, 5.41) is 3.30. The van der Waals surface area contributed by atoms with Gasteiger partial charge in [-0.25, -0.2) is 4.39 Å². The third-order valence-electron chi connectivity index (χ3n) is 3.03. The lowest BCUT2D eigenvalue weighted by atomic mass is 10.2. The maximum Gasteiger partial charge on any atom is 0.123 e. The van der Waals surface area contributed by atoms with Crippen LogP contribution in [0.25, 0.3) is 0 Å². The van der Waals surface area contributed by atoms with E-state index < -0.39 is 0 Å². The first-order valence-electron chi connectivity index (χ1n) is 6.99. The van der Waals surface area contributed by atoms with Gasteiger partial charge in [0.05, 0.1) is 6.61 Å². The number of anilines is 1. The third-order valence-corrected chi connectivity index (χ3v) is 3.03. The van der Waals surface area contributed by atoms with Crippen molar-refractivity contribution in [3.8, 4) is 5.75 Å². The topological polar surface area (TPSA) is 21.3 Å². The smallest absolute Gasteiger partial charge is 0.123 e. The first-order chi connectivity index (χ1) is 9.78. The van der Waals surface area contributed by atoms with E-state index in [1.54, 1.807) is 12.1 Å². The molecule has 0 aliphatic heterocycles. The monoisotopic (exact) mass is 273 g/mol. The van der Waals surface area contributed by atoms with Gasteiger partial charge in [-0.15, -0.1) is 0 Å². The van der Waals surface area contributed by atoms with Crippen LogP contribution >= 0.6 is 0 Å². The minimum atomic E-state index is -0.206. The van der Waals surface area contributed by atoms with Crippen LogP contribution in [0, 0.1) is 5.82 Å². The van der Waals surface area contributed by atoms with Gasteiger partial charge in [-0.1, -0.05) is 25.5 Å². The van der Waals surface area contributed by atoms with Gasteiger partial charge in [0.1, 0.15) is 11.6 Å². The van der Waals surface area contributed by atoms with Crippen molar-refractivity contribution in [3.63, 3.8) is 0 Å². The number of rotatable bonds is 7. The van der Waals surface area contributed by atoms with Crippen molar-refractivity contribution < 1.29 is 9.13 Å². The molecule has 0 heterocycles. The Kier molecular flexibility index (Phi) is 5.42. The SMILES string of the molecule is CCCCOc1ccc(NCc2ccc(F)cc2)cc1. The van der Waals surface area contributed by atoms with Gasteiger partial charge in [0, 0.05) is 12.2 Å². The highest BCUT2D eigenvalue weighted by atomic mass is 19.1. The minimum Gasteiger partial charge on any atom is -0.494 e. The Morgan fingerprint density at radius 2 is 1.70 bits per heavy atom. The van der Waals surface area contributed by atoms with Gasteiger partial charge in [-0.3, -0.25) is 0 Å². The second-order valence-corrected chi connectivity index (χ2v) is 4.71. The molecule has 1 N–H and O–H groups in total. The molecular weight excluding hydrogens is 253 g/mol. The van der Waals surface area contributed by atoms with E-state index in [-0.39, 0.29) is 5.82 Å². The van der Waals surface area contributed by atoms with Crippen LogP contribution in [-0.4, -0.2) is 6.61 Å². The van der Waals surface area contributed by atoms with Crippen molar-refractivity contribution in [2.24, 2.45) is 0 Å². The molecule has 2 nitrogen and oxygen atoms in total. The summed E-state index contributed by atoms with van der Waals surface area (Å²) in [5.74, 6) is 0.688. The average molecular weight is 273 g/mol. The van der Waals surface area contributed by atoms with Gasteiger partial charge in [-0.05, 0) is 48.4 Å². The third kappa shape index (κ3) is 4.57. The highest BCUT2D eigenvalue weighted by Crippen LogP contribution is 2.17. The average Bonchev–Trinajstić information content (AvgIpc) is 2.48. The van der Waals surface area contributed by atoms with Crippen LogP contribution in [0.5, 0.6) is 5.75 Å². The number of unbranched alkanes of at least 4 members (excludes halogenated alkanes) is 1. The molecule has 0 atom stereocenters. The Labute approximate surface area is 119 Å². The fourth-order valence-corrected chi connectivity index (χ4v) is 1.81. The summed E-state index contributed by atoms with van der Waals surface area (Å²) >= 11 is 0. The molecule has 0 saturated heterocycles. The molecule has 0 bridgehead atoms. The van der Waals surface area contributed by atoms with Crippen molar-refractivity contribution in [1.82, 2.24) is 0 Å². The Morgan fingerprint density at radius 1 is 1.00 bits per heavy atom.